The van der Waals surface area contributed by atoms with Gasteiger partial charge >= 0.3 is 0 Å². The van der Waals surface area contributed by atoms with E-state index < -0.39 is 11.5 Å². The fraction of sp³-hybridized carbons (Fsp3) is 0.333. The van der Waals surface area contributed by atoms with Crippen LogP contribution < -0.4 is 0 Å². The lowest BCUT2D eigenvalue weighted by molar-refractivity contribution is -0.158. The summed E-state index contributed by atoms with van der Waals surface area (Å²) in [6.07, 6.45) is 4.16. The Morgan fingerprint density at radius 3 is 2.28 bits per heavy atom. The molecule has 0 bridgehead atoms. The first-order chi connectivity index (χ1) is 14.1. The molecule has 1 N–H and O–H groups in total. The van der Waals surface area contributed by atoms with E-state index in [2.05, 4.69) is 0 Å². The monoisotopic (exact) mass is 390 g/mol. The minimum atomic E-state index is -0.609. The molecule has 5 heteroatoms. The second-order valence-electron chi connectivity index (χ2n) is 8.07. The van der Waals surface area contributed by atoms with E-state index in [4.69, 9.17) is 0 Å². The van der Waals surface area contributed by atoms with Gasteiger partial charge in [0, 0.05) is 32.3 Å². The number of nitrogens with zero attached hydrogens (tertiary/aromatic N) is 2. The molecule has 5 nitrogen and oxygen atoms in total. The molecular weight excluding hydrogens is 364 g/mol. The third-order valence-electron chi connectivity index (χ3n) is 5.81. The summed E-state index contributed by atoms with van der Waals surface area (Å²) in [5.74, 6) is -0.0270. The van der Waals surface area contributed by atoms with Crippen molar-refractivity contribution < 1.29 is 14.7 Å². The molecule has 0 spiro atoms. The summed E-state index contributed by atoms with van der Waals surface area (Å²) in [6.45, 7) is 1.78. The van der Waals surface area contributed by atoms with Crippen LogP contribution in [0, 0.1) is 5.41 Å². The van der Waals surface area contributed by atoms with Crippen molar-refractivity contribution in [2.24, 2.45) is 5.41 Å². The van der Waals surface area contributed by atoms with Gasteiger partial charge in [-0.2, -0.15) is 0 Å². The molecule has 4 rings (SSSR count). The van der Waals surface area contributed by atoms with Crippen LogP contribution in [0.15, 0.2) is 66.7 Å². The van der Waals surface area contributed by atoms with Crippen molar-refractivity contribution in [2.45, 2.75) is 18.9 Å². The number of benzene rings is 2. The van der Waals surface area contributed by atoms with E-state index in [0.717, 1.165) is 11.1 Å². The number of aliphatic hydroxyl groups excluding tert-OH is 1. The van der Waals surface area contributed by atoms with Crippen LogP contribution in [0.3, 0.4) is 0 Å². The average Bonchev–Trinajstić information content (AvgIpc) is 3.16. The maximum Gasteiger partial charge on any atom is 0.246 e. The molecule has 2 aromatic rings. The Hall–Kier alpha value is -2.92. The summed E-state index contributed by atoms with van der Waals surface area (Å²) in [5.41, 5.74) is 1.45. The van der Waals surface area contributed by atoms with Crippen LogP contribution in [0.2, 0.25) is 0 Å². The Bertz CT molecular complexity index is 889. The van der Waals surface area contributed by atoms with E-state index >= 15 is 0 Å². The molecule has 2 saturated heterocycles. The molecule has 2 amide bonds. The molecule has 0 saturated carbocycles. The van der Waals surface area contributed by atoms with Gasteiger partial charge in [-0.25, -0.2) is 0 Å². The highest BCUT2D eigenvalue weighted by Gasteiger charge is 2.52. The number of hydrogen-bond acceptors (Lipinski definition) is 3. The van der Waals surface area contributed by atoms with Gasteiger partial charge in [0.15, 0.2) is 0 Å². The molecule has 0 aromatic heterocycles. The van der Waals surface area contributed by atoms with E-state index in [1.54, 1.807) is 22.0 Å². The molecule has 29 heavy (non-hydrogen) atoms. The van der Waals surface area contributed by atoms with Crippen molar-refractivity contribution in [3.8, 4) is 0 Å². The van der Waals surface area contributed by atoms with Gasteiger partial charge in [0.2, 0.25) is 11.8 Å². The van der Waals surface area contributed by atoms with E-state index in [0.29, 0.717) is 39.0 Å². The zero-order valence-corrected chi connectivity index (χ0v) is 16.4. The average molecular weight is 390 g/mol. The van der Waals surface area contributed by atoms with Crippen LogP contribution in [-0.4, -0.2) is 59.0 Å². The van der Waals surface area contributed by atoms with Crippen molar-refractivity contribution in [1.82, 2.24) is 9.80 Å². The summed E-state index contributed by atoms with van der Waals surface area (Å²) in [5, 5.41) is 9.85. The van der Waals surface area contributed by atoms with Crippen LogP contribution in [0.4, 0.5) is 0 Å². The summed E-state index contributed by atoms with van der Waals surface area (Å²) in [4.78, 5) is 29.4. The van der Waals surface area contributed by atoms with Crippen LogP contribution in [0.5, 0.6) is 0 Å². The van der Waals surface area contributed by atoms with Crippen molar-refractivity contribution >= 4 is 17.9 Å². The summed E-state index contributed by atoms with van der Waals surface area (Å²) >= 11 is 0. The second kappa shape index (κ2) is 8.21. The SMILES string of the molecule is O=C(/C=C/c1ccccc1)N1CC(Cc2ccccc2)(C(=O)N2CCC(O)C2)C1. The van der Waals surface area contributed by atoms with Crippen molar-refractivity contribution in [2.75, 3.05) is 26.2 Å². The van der Waals surface area contributed by atoms with Gasteiger partial charge in [0.05, 0.1) is 11.5 Å². The summed E-state index contributed by atoms with van der Waals surface area (Å²) < 4.78 is 0. The maximum atomic E-state index is 13.3. The molecule has 0 aliphatic carbocycles. The number of carbonyl (C=O) groups excluding carboxylic acids is 2. The molecule has 1 unspecified atom stereocenters. The van der Waals surface area contributed by atoms with Gasteiger partial charge in [-0.3, -0.25) is 9.59 Å². The number of carbonyl (C=O) groups is 2. The molecule has 2 heterocycles. The minimum absolute atomic E-state index is 0.0500. The van der Waals surface area contributed by atoms with Crippen molar-refractivity contribution in [3.63, 3.8) is 0 Å². The zero-order chi connectivity index (χ0) is 20.3. The topological polar surface area (TPSA) is 60.9 Å². The first-order valence-corrected chi connectivity index (χ1v) is 10.1. The third-order valence-corrected chi connectivity index (χ3v) is 5.81. The van der Waals surface area contributed by atoms with E-state index in [9.17, 15) is 14.7 Å². The van der Waals surface area contributed by atoms with Gasteiger partial charge in [-0.15, -0.1) is 0 Å². The molecule has 1 atom stereocenters. The third kappa shape index (κ3) is 4.25. The highest BCUT2D eigenvalue weighted by Crippen LogP contribution is 2.37. The zero-order valence-electron chi connectivity index (χ0n) is 16.4. The van der Waals surface area contributed by atoms with Crippen LogP contribution in [0.25, 0.3) is 6.08 Å². The fourth-order valence-electron chi connectivity index (χ4n) is 4.25. The van der Waals surface area contributed by atoms with Crippen LogP contribution >= 0.6 is 0 Å². The lowest BCUT2D eigenvalue weighted by Crippen LogP contribution is -2.65. The van der Waals surface area contributed by atoms with Crippen molar-refractivity contribution in [3.05, 3.63) is 77.9 Å². The van der Waals surface area contributed by atoms with E-state index in [-0.39, 0.29) is 11.8 Å². The Balaban J connectivity index is 1.47. The highest BCUT2D eigenvalue weighted by atomic mass is 16.3. The summed E-state index contributed by atoms with van der Waals surface area (Å²) in [7, 11) is 0. The van der Waals surface area contributed by atoms with Crippen LogP contribution in [-0.2, 0) is 16.0 Å². The van der Waals surface area contributed by atoms with Gasteiger partial charge < -0.3 is 14.9 Å². The summed E-state index contributed by atoms with van der Waals surface area (Å²) in [6, 6.07) is 19.6. The molecular formula is C24H26N2O3. The lowest BCUT2D eigenvalue weighted by atomic mass is 9.73. The molecule has 2 aliphatic rings. The molecule has 2 aromatic carbocycles. The predicted octanol–water partition coefficient (Wildman–Crippen LogP) is 2.36. The van der Waals surface area contributed by atoms with E-state index in [1.807, 2.05) is 60.7 Å². The van der Waals surface area contributed by atoms with Gasteiger partial charge in [0.25, 0.3) is 0 Å². The quantitative estimate of drug-likeness (QED) is 0.798. The Labute approximate surface area is 171 Å². The normalized spacial score (nSPS) is 20.7. The van der Waals surface area contributed by atoms with Gasteiger partial charge in [-0.1, -0.05) is 60.7 Å². The standard InChI is InChI=1S/C24H26N2O3/c27-21-13-14-25(16-21)23(29)24(15-20-9-5-2-6-10-20)17-26(18-24)22(28)12-11-19-7-3-1-4-8-19/h1-12,21,27H,13-18H2/b12-11+. The van der Waals surface area contributed by atoms with E-state index in [1.165, 1.54) is 0 Å². The highest BCUT2D eigenvalue weighted by molar-refractivity contribution is 5.95. The predicted molar refractivity (Wildman–Crippen MR) is 112 cm³/mol. The maximum absolute atomic E-state index is 13.3. The van der Waals surface area contributed by atoms with Gasteiger partial charge in [0.1, 0.15) is 0 Å². The molecule has 2 fully saturated rings. The first kappa shape index (κ1) is 19.4. The molecule has 0 radical (unpaired) electrons. The Morgan fingerprint density at radius 1 is 1.00 bits per heavy atom. The fourth-order valence-corrected chi connectivity index (χ4v) is 4.25. The largest absolute Gasteiger partial charge is 0.391 e. The number of hydrogen-bond donors (Lipinski definition) is 1. The van der Waals surface area contributed by atoms with Gasteiger partial charge in [-0.05, 0) is 30.0 Å². The number of β-amino-alcohol motifs (C(OH)–C–C–N with tert-alkyl or cyclic N) is 1. The number of aliphatic hydroxyl groups is 1. The molecule has 150 valence electrons. The first-order valence-electron chi connectivity index (χ1n) is 10.1. The Kier molecular flexibility index (Phi) is 5.49. The number of rotatable bonds is 5. The van der Waals surface area contributed by atoms with Crippen LogP contribution in [0.1, 0.15) is 17.5 Å². The number of amides is 2. The Morgan fingerprint density at radius 2 is 1.66 bits per heavy atom. The second-order valence-corrected chi connectivity index (χ2v) is 8.07. The minimum Gasteiger partial charge on any atom is -0.391 e. The smallest absolute Gasteiger partial charge is 0.246 e. The number of likely N-dealkylation sites (tertiary alicyclic amines) is 2. The lowest BCUT2D eigenvalue weighted by Gasteiger charge is -2.50. The van der Waals surface area contributed by atoms with Crippen molar-refractivity contribution in [1.29, 1.82) is 0 Å². The molecule has 2 aliphatic heterocycles.